The van der Waals surface area contributed by atoms with Crippen molar-refractivity contribution >= 4 is 5.69 Å². The highest BCUT2D eigenvalue weighted by molar-refractivity contribution is 5.58. The Morgan fingerprint density at radius 2 is 1.63 bits per heavy atom. The predicted octanol–water partition coefficient (Wildman–Crippen LogP) is 3.77. The van der Waals surface area contributed by atoms with Gasteiger partial charge in [0.1, 0.15) is 0 Å². The van der Waals surface area contributed by atoms with Gasteiger partial charge in [-0.25, -0.2) is 0 Å². The van der Waals surface area contributed by atoms with Crippen LogP contribution in [0.15, 0.2) is 24.3 Å². The molecule has 0 bridgehead atoms. The molecule has 2 nitrogen and oxygen atoms in total. The molecule has 1 fully saturated rings. The second-order valence-corrected chi connectivity index (χ2v) is 7.00. The van der Waals surface area contributed by atoms with Crippen LogP contribution in [0, 0.1) is 0 Å². The van der Waals surface area contributed by atoms with Gasteiger partial charge in [0.2, 0.25) is 0 Å². The van der Waals surface area contributed by atoms with E-state index in [1.54, 1.807) is 0 Å². The minimum atomic E-state index is -0.199. The Morgan fingerprint density at radius 3 is 2.16 bits per heavy atom. The monoisotopic (exact) mass is 261 g/mol. The summed E-state index contributed by atoms with van der Waals surface area (Å²) in [6.45, 7) is 11.2. The van der Waals surface area contributed by atoms with Gasteiger partial charge in [-0.2, -0.15) is 0 Å². The molecule has 2 rings (SSSR count). The number of aliphatic hydroxyl groups excluding tert-OH is 1. The van der Waals surface area contributed by atoms with Crippen LogP contribution in [0.4, 0.5) is 5.69 Å². The summed E-state index contributed by atoms with van der Waals surface area (Å²) in [4.78, 5) is 2.52. The van der Waals surface area contributed by atoms with Crippen molar-refractivity contribution in [2.45, 2.75) is 71.1 Å². The molecule has 1 heterocycles. The van der Waals surface area contributed by atoms with Gasteiger partial charge in [-0.15, -0.1) is 0 Å². The van der Waals surface area contributed by atoms with E-state index in [0.29, 0.717) is 0 Å². The van der Waals surface area contributed by atoms with E-state index in [2.05, 4.69) is 63.8 Å². The number of hydrogen-bond donors (Lipinski definition) is 1. The molecule has 2 heteroatoms. The van der Waals surface area contributed by atoms with E-state index in [9.17, 15) is 5.11 Å². The van der Waals surface area contributed by atoms with Gasteiger partial charge in [0.15, 0.2) is 0 Å². The summed E-state index contributed by atoms with van der Waals surface area (Å²) in [6.07, 6.45) is 2.50. The molecule has 0 spiro atoms. The third kappa shape index (κ3) is 2.64. The normalized spacial score (nSPS) is 22.5. The summed E-state index contributed by atoms with van der Waals surface area (Å²) in [5.41, 5.74) is 2.67. The minimum absolute atomic E-state index is 0.0214. The lowest BCUT2D eigenvalue weighted by molar-refractivity contribution is 0.0648. The fourth-order valence-corrected chi connectivity index (χ4v) is 3.91. The molecule has 19 heavy (non-hydrogen) atoms. The lowest BCUT2D eigenvalue weighted by Crippen LogP contribution is -2.62. The summed E-state index contributed by atoms with van der Waals surface area (Å²) >= 11 is 0. The van der Waals surface area contributed by atoms with Crippen molar-refractivity contribution in [2.24, 2.45) is 0 Å². The van der Waals surface area contributed by atoms with Crippen molar-refractivity contribution in [3.63, 3.8) is 0 Å². The van der Waals surface area contributed by atoms with Crippen LogP contribution in [0.5, 0.6) is 0 Å². The van der Waals surface area contributed by atoms with Gasteiger partial charge >= 0.3 is 0 Å². The maximum atomic E-state index is 10.1. The number of hydrogen-bond acceptors (Lipinski definition) is 2. The van der Waals surface area contributed by atoms with Crippen molar-refractivity contribution in [3.8, 4) is 0 Å². The quantitative estimate of drug-likeness (QED) is 0.876. The van der Waals surface area contributed by atoms with E-state index in [0.717, 1.165) is 19.3 Å². The summed E-state index contributed by atoms with van der Waals surface area (Å²) in [5, 5.41) is 10.1. The third-order valence-corrected chi connectivity index (χ3v) is 4.29. The van der Waals surface area contributed by atoms with Crippen LogP contribution < -0.4 is 4.90 Å². The van der Waals surface area contributed by atoms with Crippen LogP contribution in [-0.4, -0.2) is 22.3 Å². The van der Waals surface area contributed by atoms with Crippen molar-refractivity contribution in [2.75, 3.05) is 4.90 Å². The highest BCUT2D eigenvalue weighted by Crippen LogP contribution is 2.43. The van der Waals surface area contributed by atoms with Crippen molar-refractivity contribution < 1.29 is 5.11 Å². The molecule has 0 saturated carbocycles. The molecule has 1 N–H and O–H groups in total. The summed E-state index contributed by atoms with van der Waals surface area (Å²) in [7, 11) is 0. The second kappa shape index (κ2) is 4.82. The van der Waals surface area contributed by atoms with E-state index < -0.39 is 0 Å². The third-order valence-electron chi connectivity index (χ3n) is 4.29. The topological polar surface area (TPSA) is 23.5 Å². The van der Waals surface area contributed by atoms with Crippen LogP contribution in [0.25, 0.3) is 0 Å². The zero-order valence-corrected chi connectivity index (χ0v) is 12.9. The Hall–Kier alpha value is -1.02. The number of nitrogens with zero attached hydrogens (tertiary/aromatic N) is 1. The zero-order valence-electron chi connectivity index (χ0n) is 12.9. The molecular weight excluding hydrogens is 234 g/mol. The van der Waals surface area contributed by atoms with Gasteiger partial charge in [-0.1, -0.05) is 25.1 Å². The Kier molecular flexibility index (Phi) is 3.65. The Balaban J connectivity index is 2.51. The van der Waals surface area contributed by atoms with Crippen LogP contribution in [0.2, 0.25) is 0 Å². The van der Waals surface area contributed by atoms with E-state index in [-0.39, 0.29) is 17.2 Å². The van der Waals surface area contributed by atoms with E-state index in [1.165, 1.54) is 11.3 Å². The van der Waals surface area contributed by atoms with Crippen molar-refractivity contribution in [3.05, 3.63) is 29.8 Å². The molecule has 106 valence electrons. The van der Waals surface area contributed by atoms with Crippen LogP contribution in [0.1, 0.15) is 53.0 Å². The standard InChI is InChI=1S/C17H27NO/c1-6-13-9-7-8-10-15(13)18-16(2,3)11-14(19)12-17(18,4)5/h7-10,14,19H,6,11-12H2,1-5H3. The first kappa shape index (κ1) is 14.4. The number of rotatable bonds is 2. The predicted molar refractivity (Wildman–Crippen MR) is 81.7 cm³/mol. The van der Waals surface area contributed by atoms with Crippen LogP contribution in [-0.2, 0) is 6.42 Å². The fraction of sp³-hybridized carbons (Fsp3) is 0.647. The first-order chi connectivity index (χ1) is 8.78. The lowest BCUT2D eigenvalue weighted by atomic mass is 9.77. The van der Waals surface area contributed by atoms with Crippen LogP contribution in [0.3, 0.4) is 0 Å². The molecule has 0 aromatic heterocycles. The summed E-state index contributed by atoms with van der Waals surface area (Å²) in [6, 6.07) is 8.67. The molecule has 0 unspecified atom stereocenters. The van der Waals surface area contributed by atoms with E-state index >= 15 is 0 Å². The maximum absolute atomic E-state index is 10.1. The van der Waals surface area contributed by atoms with Crippen molar-refractivity contribution in [1.29, 1.82) is 0 Å². The number of para-hydroxylation sites is 1. The largest absolute Gasteiger partial charge is 0.393 e. The Labute approximate surface area is 117 Å². The Morgan fingerprint density at radius 1 is 1.11 bits per heavy atom. The van der Waals surface area contributed by atoms with Gasteiger partial charge in [0.25, 0.3) is 0 Å². The van der Waals surface area contributed by atoms with Gasteiger partial charge < -0.3 is 10.0 Å². The molecule has 0 aliphatic carbocycles. The maximum Gasteiger partial charge on any atom is 0.0584 e. The highest BCUT2D eigenvalue weighted by atomic mass is 16.3. The molecule has 0 radical (unpaired) electrons. The molecule has 1 aromatic carbocycles. The number of anilines is 1. The smallest absolute Gasteiger partial charge is 0.0584 e. The molecule has 0 amide bonds. The lowest BCUT2D eigenvalue weighted by Gasteiger charge is -2.56. The number of benzene rings is 1. The summed E-state index contributed by atoms with van der Waals surface area (Å²) < 4.78 is 0. The van der Waals surface area contributed by atoms with E-state index in [4.69, 9.17) is 0 Å². The fourth-order valence-electron chi connectivity index (χ4n) is 3.91. The minimum Gasteiger partial charge on any atom is -0.393 e. The first-order valence-electron chi connectivity index (χ1n) is 7.34. The average molecular weight is 261 g/mol. The summed E-state index contributed by atoms with van der Waals surface area (Å²) in [5.74, 6) is 0. The zero-order chi connectivity index (χ0) is 14.3. The molecule has 1 aromatic rings. The molecule has 1 aliphatic rings. The van der Waals surface area contributed by atoms with Gasteiger partial charge in [-0.3, -0.25) is 0 Å². The second-order valence-electron chi connectivity index (χ2n) is 7.00. The average Bonchev–Trinajstić information content (AvgIpc) is 2.25. The number of aryl methyl sites for hydroxylation is 1. The van der Waals surface area contributed by atoms with Gasteiger partial charge in [-0.05, 0) is 58.6 Å². The first-order valence-corrected chi connectivity index (χ1v) is 7.34. The highest BCUT2D eigenvalue weighted by Gasteiger charge is 2.45. The molecular formula is C17H27NO. The SMILES string of the molecule is CCc1ccccc1N1C(C)(C)CC(O)CC1(C)C. The molecule has 0 atom stereocenters. The molecule has 1 aliphatic heterocycles. The van der Waals surface area contributed by atoms with Gasteiger partial charge in [0, 0.05) is 16.8 Å². The number of piperidine rings is 1. The van der Waals surface area contributed by atoms with E-state index in [1.807, 2.05) is 0 Å². The Bertz CT molecular complexity index is 432. The van der Waals surface area contributed by atoms with Gasteiger partial charge in [0.05, 0.1) is 6.10 Å². The van der Waals surface area contributed by atoms with Crippen molar-refractivity contribution in [1.82, 2.24) is 0 Å². The van der Waals surface area contributed by atoms with Crippen LogP contribution >= 0.6 is 0 Å². The molecule has 1 saturated heterocycles. The number of aliphatic hydroxyl groups is 1.